The zero-order valence-corrected chi connectivity index (χ0v) is 11.7. The number of hydrogen-bond acceptors (Lipinski definition) is 4. The first-order chi connectivity index (χ1) is 9.83. The molecule has 0 bridgehead atoms. The van der Waals surface area contributed by atoms with E-state index in [0.29, 0.717) is 11.9 Å². The molecule has 0 radical (unpaired) electrons. The van der Waals surface area contributed by atoms with Crippen molar-refractivity contribution in [2.45, 2.75) is 38.8 Å². The molecule has 0 amide bonds. The van der Waals surface area contributed by atoms with Crippen molar-refractivity contribution in [1.29, 1.82) is 0 Å². The van der Waals surface area contributed by atoms with Crippen LogP contribution in [0.3, 0.4) is 0 Å². The molecular weight excluding hydrogens is 250 g/mol. The van der Waals surface area contributed by atoms with E-state index >= 15 is 0 Å². The highest BCUT2D eigenvalue weighted by Crippen LogP contribution is 2.21. The fraction of sp³-hybridized carbons (Fsp3) is 0.375. The summed E-state index contributed by atoms with van der Waals surface area (Å²) in [5.41, 5.74) is 2.21. The normalized spacial score (nSPS) is 14.2. The molecule has 0 unspecified atom stereocenters. The number of rotatable bonds is 6. The van der Waals surface area contributed by atoms with Gasteiger partial charge in [0.15, 0.2) is 0 Å². The molecule has 1 heterocycles. The Morgan fingerprint density at radius 3 is 2.70 bits per heavy atom. The molecule has 1 aromatic carbocycles. The third-order valence-corrected chi connectivity index (χ3v) is 3.37. The summed E-state index contributed by atoms with van der Waals surface area (Å²) in [6.07, 6.45) is 7.00. The zero-order chi connectivity index (χ0) is 13.8. The highest BCUT2D eigenvalue weighted by atomic mass is 16.5. The largest absolute Gasteiger partial charge is 0.437 e. The second-order valence-electron chi connectivity index (χ2n) is 5.10. The van der Waals surface area contributed by atoms with Gasteiger partial charge in [-0.1, -0.05) is 19.1 Å². The van der Waals surface area contributed by atoms with Gasteiger partial charge in [-0.05, 0) is 37.0 Å². The lowest BCUT2D eigenvalue weighted by molar-refractivity contribution is 0.456. The van der Waals surface area contributed by atoms with Crippen LogP contribution in [0, 0.1) is 0 Å². The third kappa shape index (κ3) is 3.54. The Morgan fingerprint density at radius 2 is 2.00 bits per heavy atom. The van der Waals surface area contributed by atoms with Crippen molar-refractivity contribution in [3.8, 4) is 11.6 Å². The lowest BCUT2D eigenvalue weighted by atomic mass is 10.2. The minimum atomic E-state index is 0.546. The molecule has 1 aliphatic carbocycles. The summed E-state index contributed by atoms with van der Waals surface area (Å²) in [6, 6.07) is 8.75. The SMILES string of the molecule is CCc1ccc(Oc2cncc(CNC3CC3)n2)cc1. The first-order valence-corrected chi connectivity index (χ1v) is 7.14. The molecule has 104 valence electrons. The van der Waals surface area contributed by atoms with Crippen molar-refractivity contribution in [2.24, 2.45) is 0 Å². The summed E-state index contributed by atoms with van der Waals surface area (Å²) in [5, 5.41) is 3.42. The summed E-state index contributed by atoms with van der Waals surface area (Å²) < 4.78 is 5.74. The predicted molar refractivity (Wildman–Crippen MR) is 77.8 cm³/mol. The van der Waals surface area contributed by atoms with Gasteiger partial charge in [-0.2, -0.15) is 0 Å². The summed E-state index contributed by atoms with van der Waals surface area (Å²) in [4.78, 5) is 8.65. The van der Waals surface area contributed by atoms with Gasteiger partial charge in [0.05, 0.1) is 11.9 Å². The van der Waals surface area contributed by atoms with E-state index in [2.05, 4.69) is 34.3 Å². The second kappa shape index (κ2) is 6.01. The lowest BCUT2D eigenvalue weighted by Crippen LogP contribution is -2.16. The summed E-state index contributed by atoms with van der Waals surface area (Å²) in [7, 11) is 0. The van der Waals surface area contributed by atoms with Crippen molar-refractivity contribution in [3.63, 3.8) is 0 Å². The van der Waals surface area contributed by atoms with E-state index in [9.17, 15) is 0 Å². The van der Waals surface area contributed by atoms with Crippen LogP contribution in [0.1, 0.15) is 31.0 Å². The van der Waals surface area contributed by atoms with Crippen LogP contribution >= 0.6 is 0 Å². The molecule has 0 spiro atoms. The Hall–Kier alpha value is -1.94. The molecule has 0 aliphatic heterocycles. The molecule has 1 aliphatic rings. The van der Waals surface area contributed by atoms with Crippen molar-refractivity contribution in [1.82, 2.24) is 15.3 Å². The maximum Gasteiger partial charge on any atom is 0.238 e. The van der Waals surface area contributed by atoms with Crippen LogP contribution in [0.5, 0.6) is 11.6 Å². The van der Waals surface area contributed by atoms with Crippen LogP contribution < -0.4 is 10.1 Å². The van der Waals surface area contributed by atoms with Gasteiger partial charge < -0.3 is 10.1 Å². The Bertz CT molecular complexity index is 564. The van der Waals surface area contributed by atoms with E-state index in [1.165, 1.54) is 18.4 Å². The van der Waals surface area contributed by atoms with Crippen LogP contribution in [0.15, 0.2) is 36.7 Å². The third-order valence-electron chi connectivity index (χ3n) is 3.37. The van der Waals surface area contributed by atoms with Crippen LogP contribution in [-0.4, -0.2) is 16.0 Å². The summed E-state index contributed by atoms with van der Waals surface area (Å²) >= 11 is 0. The van der Waals surface area contributed by atoms with Crippen LogP contribution in [0.2, 0.25) is 0 Å². The molecule has 20 heavy (non-hydrogen) atoms. The van der Waals surface area contributed by atoms with E-state index < -0.39 is 0 Å². The maximum absolute atomic E-state index is 5.74. The Morgan fingerprint density at radius 1 is 1.20 bits per heavy atom. The van der Waals surface area contributed by atoms with Crippen molar-refractivity contribution >= 4 is 0 Å². The Labute approximate surface area is 119 Å². The van der Waals surface area contributed by atoms with Crippen LogP contribution in [-0.2, 0) is 13.0 Å². The van der Waals surface area contributed by atoms with Gasteiger partial charge in [-0.15, -0.1) is 0 Å². The molecule has 2 aromatic rings. The summed E-state index contributed by atoms with van der Waals surface area (Å²) in [6.45, 7) is 2.89. The van der Waals surface area contributed by atoms with Gasteiger partial charge in [-0.3, -0.25) is 4.98 Å². The van der Waals surface area contributed by atoms with Gasteiger partial charge in [-0.25, -0.2) is 4.98 Å². The fourth-order valence-corrected chi connectivity index (χ4v) is 1.97. The standard InChI is InChI=1S/C16H19N3O/c1-2-12-3-7-15(8-4-12)20-16-11-17-9-14(19-16)10-18-13-5-6-13/h3-4,7-9,11,13,18H,2,5-6,10H2,1H3. The number of benzene rings is 1. The number of aryl methyl sites for hydroxylation is 1. The van der Waals surface area contributed by atoms with E-state index in [1.807, 2.05) is 12.1 Å². The van der Waals surface area contributed by atoms with Gasteiger partial charge in [0.25, 0.3) is 0 Å². The highest BCUT2D eigenvalue weighted by Gasteiger charge is 2.20. The molecule has 4 nitrogen and oxygen atoms in total. The smallest absolute Gasteiger partial charge is 0.238 e. The summed E-state index contributed by atoms with van der Waals surface area (Å²) in [5.74, 6) is 1.34. The molecule has 0 saturated heterocycles. The van der Waals surface area contributed by atoms with Gasteiger partial charge in [0, 0.05) is 18.8 Å². The molecule has 0 atom stereocenters. The topological polar surface area (TPSA) is 47.0 Å². The van der Waals surface area contributed by atoms with E-state index in [-0.39, 0.29) is 0 Å². The lowest BCUT2D eigenvalue weighted by Gasteiger charge is -2.07. The van der Waals surface area contributed by atoms with Crippen molar-refractivity contribution in [2.75, 3.05) is 0 Å². The van der Waals surface area contributed by atoms with Crippen LogP contribution in [0.4, 0.5) is 0 Å². The van der Waals surface area contributed by atoms with Gasteiger partial charge >= 0.3 is 0 Å². The minimum Gasteiger partial charge on any atom is -0.437 e. The van der Waals surface area contributed by atoms with Gasteiger partial charge in [0.1, 0.15) is 5.75 Å². The molecule has 1 aromatic heterocycles. The first kappa shape index (κ1) is 13.1. The molecular formula is C16H19N3O. The fourth-order valence-electron chi connectivity index (χ4n) is 1.97. The first-order valence-electron chi connectivity index (χ1n) is 7.14. The average molecular weight is 269 g/mol. The molecule has 4 heteroatoms. The number of aromatic nitrogens is 2. The zero-order valence-electron chi connectivity index (χ0n) is 11.7. The molecule has 1 N–H and O–H groups in total. The highest BCUT2D eigenvalue weighted by molar-refractivity contribution is 5.30. The number of nitrogens with zero attached hydrogens (tertiary/aromatic N) is 2. The molecule has 3 rings (SSSR count). The number of hydrogen-bond donors (Lipinski definition) is 1. The number of nitrogens with one attached hydrogen (secondary N) is 1. The quantitative estimate of drug-likeness (QED) is 0.875. The second-order valence-corrected chi connectivity index (χ2v) is 5.10. The van der Waals surface area contributed by atoms with Crippen molar-refractivity contribution < 1.29 is 4.74 Å². The average Bonchev–Trinajstić information content (AvgIpc) is 3.31. The number of ether oxygens (including phenoxy) is 1. The van der Waals surface area contributed by atoms with E-state index in [4.69, 9.17) is 4.74 Å². The maximum atomic E-state index is 5.74. The monoisotopic (exact) mass is 269 g/mol. The van der Waals surface area contributed by atoms with Crippen molar-refractivity contribution in [3.05, 3.63) is 47.9 Å². The Balaban J connectivity index is 1.64. The Kier molecular flexibility index (Phi) is 3.92. The minimum absolute atomic E-state index is 0.546. The molecule has 1 saturated carbocycles. The van der Waals surface area contributed by atoms with Gasteiger partial charge in [0.2, 0.25) is 5.88 Å². The predicted octanol–water partition coefficient (Wildman–Crippen LogP) is 3.08. The van der Waals surface area contributed by atoms with E-state index in [0.717, 1.165) is 24.4 Å². The van der Waals surface area contributed by atoms with E-state index in [1.54, 1.807) is 12.4 Å². The molecule has 1 fully saturated rings. The van der Waals surface area contributed by atoms with Crippen LogP contribution in [0.25, 0.3) is 0 Å².